The van der Waals surface area contributed by atoms with E-state index in [1.807, 2.05) is 13.2 Å². The molecule has 1 aliphatic rings. The first-order valence-electron chi connectivity index (χ1n) is 3.72. The Kier molecular flexibility index (Phi) is 1.33. The van der Waals surface area contributed by atoms with Crippen molar-refractivity contribution in [1.29, 1.82) is 0 Å². The molecule has 64 valence electrons. The highest BCUT2D eigenvalue weighted by molar-refractivity contribution is 5.72. The van der Waals surface area contributed by atoms with Gasteiger partial charge in [-0.1, -0.05) is 0 Å². The molecule has 2 heterocycles. The van der Waals surface area contributed by atoms with Crippen LogP contribution < -0.4 is 5.73 Å². The third-order valence-electron chi connectivity index (χ3n) is 2.01. The van der Waals surface area contributed by atoms with E-state index >= 15 is 0 Å². The summed E-state index contributed by atoms with van der Waals surface area (Å²) in [6, 6.07) is -0.379. The summed E-state index contributed by atoms with van der Waals surface area (Å²) in [6.45, 7) is 1.14. The Bertz CT molecular complexity index is 307. The maximum absolute atomic E-state index is 10.8. The van der Waals surface area contributed by atoms with E-state index in [1.54, 1.807) is 9.58 Å². The quantitative estimate of drug-likeness (QED) is 0.580. The van der Waals surface area contributed by atoms with Gasteiger partial charge in [0.15, 0.2) is 0 Å². The summed E-state index contributed by atoms with van der Waals surface area (Å²) < 4.78 is 1.75. The Morgan fingerprint density at radius 2 is 2.42 bits per heavy atom. The number of aryl methyl sites for hydroxylation is 1. The molecule has 2 amide bonds. The van der Waals surface area contributed by atoms with Crippen LogP contribution in [0.15, 0.2) is 6.20 Å². The minimum atomic E-state index is -0.379. The van der Waals surface area contributed by atoms with E-state index in [0.29, 0.717) is 13.1 Å². The van der Waals surface area contributed by atoms with E-state index in [9.17, 15) is 4.79 Å². The highest BCUT2D eigenvalue weighted by atomic mass is 16.2. The van der Waals surface area contributed by atoms with Crippen molar-refractivity contribution < 1.29 is 4.79 Å². The number of carbonyl (C=O) groups is 1. The summed E-state index contributed by atoms with van der Waals surface area (Å²) in [6.07, 6.45) is 1.91. The van der Waals surface area contributed by atoms with E-state index in [-0.39, 0.29) is 6.03 Å². The highest BCUT2D eigenvalue weighted by Gasteiger charge is 2.23. The Morgan fingerprint density at radius 1 is 1.67 bits per heavy atom. The normalized spacial score (nSPS) is 14.9. The molecule has 0 bridgehead atoms. The third-order valence-corrected chi connectivity index (χ3v) is 2.01. The highest BCUT2D eigenvalue weighted by Crippen LogP contribution is 2.19. The molecule has 1 aromatic heterocycles. The molecule has 2 N–H and O–H groups in total. The molecule has 5 heteroatoms. The number of rotatable bonds is 0. The number of primary amides is 1. The van der Waals surface area contributed by atoms with Crippen molar-refractivity contribution in [3.8, 4) is 0 Å². The van der Waals surface area contributed by atoms with Crippen LogP contribution in [0.3, 0.4) is 0 Å². The van der Waals surface area contributed by atoms with E-state index < -0.39 is 0 Å². The maximum Gasteiger partial charge on any atom is 0.315 e. The first kappa shape index (κ1) is 7.15. The number of amides is 2. The van der Waals surface area contributed by atoms with E-state index in [1.165, 1.54) is 0 Å². The summed E-state index contributed by atoms with van der Waals surface area (Å²) in [5, 5.41) is 4.19. The second-order valence-electron chi connectivity index (χ2n) is 2.97. The summed E-state index contributed by atoms with van der Waals surface area (Å²) in [4.78, 5) is 12.3. The van der Waals surface area contributed by atoms with Crippen molar-refractivity contribution in [1.82, 2.24) is 14.7 Å². The van der Waals surface area contributed by atoms with Crippen molar-refractivity contribution in [2.45, 2.75) is 13.1 Å². The molecule has 0 radical (unpaired) electrons. The Labute approximate surface area is 69.8 Å². The fourth-order valence-electron chi connectivity index (χ4n) is 1.45. The van der Waals surface area contributed by atoms with Crippen LogP contribution in [0.2, 0.25) is 0 Å². The standard InChI is InChI=1S/C7H10N4O/c1-10-2-5-3-11(7(8)12)4-6(5)9-10/h2H,3-4H2,1H3,(H2,8,12). The molecule has 0 atom stereocenters. The third kappa shape index (κ3) is 0.939. The number of hydrogen-bond acceptors (Lipinski definition) is 2. The largest absolute Gasteiger partial charge is 0.351 e. The van der Waals surface area contributed by atoms with Crippen molar-refractivity contribution >= 4 is 6.03 Å². The second-order valence-corrected chi connectivity index (χ2v) is 2.97. The fourth-order valence-corrected chi connectivity index (χ4v) is 1.45. The number of aromatic nitrogens is 2. The molecular formula is C7H10N4O. The molecule has 0 spiro atoms. The number of hydrogen-bond donors (Lipinski definition) is 1. The van der Waals surface area contributed by atoms with Gasteiger partial charge in [0.2, 0.25) is 0 Å². The average molecular weight is 166 g/mol. The molecule has 0 aromatic carbocycles. The number of nitrogens with two attached hydrogens (primary N) is 1. The Hall–Kier alpha value is -1.52. The SMILES string of the molecule is Cn1cc2c(n1)CN(C(N)=O)C2. The molecule has 1 aromatic rings. The van der Waals surface area contributed by atoms with Gasteiger partial charge in [0.05, 0.1) is 18.8 Å². The van der Waals surface area contributed by atoms with Gasteiger partial charge in [-0.3, -0.25) is 4.68 Å². The average Bonchev–Trinajstić information content (AvgIpc) is 2.42. The smallest absolute Gasteiger partial charge is 0.315 e. The maximum atomic E-state index is 10.8. The second kappa shape index (κ2) is 2.23. The zero-order valence-electron chi connectivity index (χ0n) is 6.82. The van der Waals surface area contributed by atoms with Crippen LogP contribution in [0.4, 0.5) is 4.79 Å². The Balaban J connectivity index is 2.24. The van der Waals surface area contributed by atoms with Gasteiger partial charge in [0.1, 0.15) is 0 Å². The molecule has 12 heavy (non-hydrogen) atoms. The van der Waals surface area contributed by atoms with Crippen LogP contribution in [0.25, 0.3) is 0 Å². The number of fused-ring (bicyclic) bond motifs is 1. The predicted octanol–water partition coefficient (Wildman–Crippen LogP) is -0.186. The van der Waals surface area contributed by atoms with Gasteiger partial charge >= 0.3 is 6.03 Å². The number of urea groups is 1. The van der Waals surface area contributed by atoms with Crippen molar-refractivity contribution in [2.24, 2.45) is 12.8 Å². The molecule has 1 aliphatic heterocycles. The zero-order chi connectivity index (χ0) is 8.72. The monoisotopic (exact) mass is 166 g/mol. The van der Waals surface area contributed by atoms with Crippen LogP contribution in [-0.2, 0) is 20.1 Å². The number of nitrogens with zero attached hydrogens (tertiary/aromatic N) is 3. The van der Waals surface area contributed by atoms with Crippen LogP contribution in [-0.4, -0.2) is 20.7 Å². The first-order chi connectivity index (χ1) is 5.66. The van der Waals surface area contributed by atoms with Crippen molar-refractivity contribution in [3.05, 3.63) is 17.5 Å². The van der Waals surface area contributed by atoms with Gasteiger partial charge in [0.25, 0.3) is 0 Å². The molecule has 5 nitrogen and oxygen atoms in total. The lowest BCUT2D eigenvalue weighted by molar-refractivity contribution is 0.207. The molecule has 0 saturated heterocycles. The summed E-state index contributed by atoms with van der Waals surface area (Å²) in [5.74, 6) is 0. The minimum Gasteiger partial charge on any atom is -0.351 e. The first-order valence-corrected chi connectivity index (χ1v) is 3.72. The topological polar surface area (TPSA) is 64.2 Å². The lowest BCUT2D eigenvalue weighted by Crippen LogP contribution is -2.31. The van der Waals surface area contributed by atoms with E-state index in [4.69, 9.17) is 5.73 Å². The summed E-state index contributed by atoms with van der Waals surface area (Å²) in [5.41, 5.74) is 7.18. The van der Waals surface area contributed by atoms with Crippen LogP contribution in [0.5, 0.6) is 0 Å². The summed E-state index contributed by atoms with van der Waals surface area (Å²) in [7, 11) is 1.87. The predicted molar refractivity (Wildman–Crippen MR) is 42.0 cm³/mol. The van der Waals surface area contributed by atoms with Crippen molar-refractivity contribution in [2.75, 3.05) is 0 Å². The minimum absolute atomic E-state index is 0.379. The Morgan fingerprint density at radius 3 is 3.00 bits per heavy atom. The van der Waals surface area contributed by atoms with Crippen LogP contribution in [0.1, 0.15) is 11.3 Å². The van der Waals surface area contributed by atoms with Crippen molar-refractivity contribution in [3.63, 3.8) is 0 Å². The molecule has 0 aliphatic carbocycles. The number of carbonyl (C=O) groups excluding carboxylic acids is 1. The van der Waals surface area contributed by atoms with Gasteiger partial charge in [-0.05, 0) is 0 Å². The van der Waals surface area contributed by atoms with Gasteiger partial charge in [-0.25, -0.2) is 4.79 Å². The van der Waals surface area contributed by atoms with Gasteiger partial charge in [-0.15, -0.1) is 0 Å². The van der Waals surface area contributed by atoms with E-state index in [2.05, 4.69) is 5.10 Å². The van der Waals surface area contributed by atoms with Crippen LogP contribution in [0, 0.1) is 0 Å². The van der Waals surface area contributed by atoms with Gasteiger partial charge in [-0.2, -0.15) is 5.10 Å². The van der Waals surface area contributed by atoms with Gasteiger partial charge < -0.3 is 10.6 Å². The van der Waals surface area contributed by atoms with Crippen LogP contribution >= 0.6 is 0 Å². The molecule has 2 rings (SSSR count). The zero-order valence-corrected chi connectivity index (χ0v) is 6.82. The molecule has 0 fully saturated rings. The van der Waals surface area contributed by atoms with Gasteiger partial charge in [0, 0.05) is 18.8 Å². The lowest BCUT2D eigenvalue weighted by atomic mass is 10.3. The molecular weight excluding hydrogens is 156 g/mol. The fraction of sp³-hybridized carbons (Fsp3) is 0.429. The molecule has 0 unspecified atom stereocenters. The molecule has 0 saturated carbocycles. The lowest BCUT2D eigenvalue weighted by Gasteiger charge is -2.10. The summed E-state index contributed by atoms with van der Waals surface area (Å²) >= 11 is 0. The van der Waals surface area contributed by atoms with E-state index in [0.717, 1.165) is 11.3 Å².